The summed E-state index contributed by atoms with van der Waals surface area (Å²) in [6.07, 6.45) is 0. The van der Waals surface area contributed by atoms with Crippen LogP contribution in [0.25, 0.3) is 86.1 Å². The van der Waals surface area contributed by atoms with Gasteiger partial charge in [0.2, 0.25) is 0 Å². The van der Waals surface area contributed by atoms with Crippen LogP contribution in [0.5, 0.6) is 0 Å². The van der Waals surface area contributed by atoms with Crippen LogP contribution >= 0.6 is 0 Å². The second-order valence-corrected chi connectivity index (χ2v) is 15.4. The van der Waals surface area contributed by atoms with E-state index in [0.29, 0.717) is 17.5 Å². The molecule has 0 radical (unpaired) electrons. The topological polar surface area (TPSA) is 38.7 Å². The summed E-state index contributed by atoms with van der Waals surface area (Å²) < 4.78 is 2.92. The molecule has 0 saturated heterocycles. The molecule has 0 N–H and O–H groups in total. The molecule has 226 valence electrons. The average Bonchev–Trinajstić information content (AvgIpc) is 3.63. The standard InChI is InChI=1S/C44H29N3Se/c1-44(2)36-17-8-6-13-30(36)31-23-21-28(25-37(31)44)42-45-41(27-11-4-3-5-12-27)46-43(47-42)35-16-10-15-33-29(35)22-19-26-20-24-34-32-14-7-9-18-38(32)48-40(34)39(26)33/h3-25H,1-2H3. The van der Waals surface area contributed by atoms with Gasteiger partial charge in [0.15, 0.2) is 0 Å². The van der Waals surface area contributed by atoms with Gasteiger partial charge >= 0.3 is 236 Å². The van der Waals surface area contributed by atoms with Gasteiger partial charge in [0.25, 0.3) is 0 Å². The Morgan fingerprint density at radius 3 is 2.00 bits per heavy atom. The van der Waals surface area contributed by atoms with Gasteiger partial charge in [0.05, 0.1) is 0 Å². The molecule has 4 heteroatoms. The Kier molecular flexibility index (Phi) is 5.94. The third-order valence-electron chi connectivity index (χ3n) is 10.1. The zero-order chi connectivity index (χ0) is 32.0. The van der Waals surface area contributed by atoms with Crippen molar-refractivity contribution in [2.45, 2.75) is 19.3 Å². The molecule has 0 saturated carbocycles. The van der Waals surface area contributed by atoms with E-state index in [1.54, 1.807) is 0 Å². The first-order valence-corrected chi connectivity index (χ1v) is 18.1. The fourth-order valence-corrected chi connectivity index (χ4v) is 10.4. The molecule has 0 amide bonds. The van der Waals surface area contributed by atoms with Crippen LogP contribution in [0.2, 0.25) is 0 Å². The number of hydrogen-bond donors (Lipinski definition) is 0. The molecule has 2 aromatic heterocycles. The van der Waals surface area contributed by atoms with E-state index in [-0.39, 0.29) is 19.9 Å². The quantitative estimate of drug-likeness (QED) is 0.138. The maximum absolute atomic E-state index is 5.24. The monoisotopic (exact) mass is 679 g/mol. The summed E-state index contributed by atoms with van der Waals surface area (Å²) in [7, 11) is 0. The third kappa shape index (κ3) is 4.03. The molecule has 2 heterocycles. The average molecular weight is 679 g/mol. The summed E-state index contributed by atoms with van der Waals surface area (Å²) in [5.74, 6) is 2.05. The molecule has 9 aromatic rings. The Morgan fingerprint density at radius 1 is 0.458 bits per heavy atom. The van der Waals surface area contributed by atoms with Crippen molar-refractivity contribution in [2.75, 3.05) is 0 Å². The number of benzene rings is 7. The molecule has 7 aromatic carbocycles. The van der Waals surface area contributed by atoms with Crippen LogP contribution in [0.1, 0.15) is 25.0 Å². The summed E-state index contributed by atoms with van der Waals surface area (Å²) in [5.41, 5.74) is 8.14. The minimum absolute atomic E-state index is 0.113. The van der Waals surface area contributed by atoms with Crippen LogP contribution in [0.3, 0.4) is 0 Å². The molecular formula is C44H29N3Se. The van der Waals surface area contributed by atoms with E-state index in [0.717, 1.165) is 22.1 Å². The molecule has 3 nitrogen and oxygen atoms in total. The molecular weight excluding hydrogens is 649 g/mol. The van der Waals surface area contributed by atoms with Crippen LogP contribution in [-0.4, -0.2) is 29.5 Å². The Hall–Kier alpha value is -5.41. The zero-order valence-corrected chi connectivity index (χ0v) is 28.2. The molecule has 10 rings (SSSR count). The van der Waals surface area contributed by atoms with E-state index in [1.165, 1.54) is 57.7 Å². The van der Waals surface area contributed by atoms with Gasteiger partial charge in [0, 0.05) is 0 Å². The van der Waals surface area contributed by atoms with Crippen molar-refractivity contribution in [1.29, 1.82) is 0 Å². The number of hydrogen-bond acceptors (Lipinski definition) is 3. The van der Waals surface area contributed by atoms with Crippen molar-refractivity contribution in [3.63, 3.8) is 0 Å². The van der Waals surface area contributed by atoms with Gasteiger partial charge in [-0.3, -0.25) is 0 Å². The summed E-state index contributed by atoms with van der Waals surface area (Å²) in [4.78, 5) is 15.5. The van der Waals surface area contributed by atoms with E-state index < -0.39 is 0 Å². The normalized spacial score (nSPS) is 13.4. The van der Waals surface area contributed by atoms with Gasteiger partial charge < -0.3 is 0 Å². The number of aromatic nitrogens is 3. The first kappa shape index (κ1) is 27.7. The zero-order valence-electron chi connectivity index (χ0n) is 26.5. The Morgan fingerprint density at radius 2 is 1.12 bits per heavy atom. The maximum atomic E-state index is 5.24. The molecule has 1 aliphatic carbocycles. The first-order chi connectivity index (χ1) is 23.5. The van der Waals surface area contributed by atoms with Gasteiger partial charge in [-0.15, -0.1) is 0 Å². The predicted molar refractivity (Wildman–Crippen MR) is 201 cm³/mol. The molecule has 48 heavy (non-hydrogen) atoms. The van der Waals surface area contributed by atoms with Crippen molar-refractivity contribution in [2.24, 2.45) is 0 Å². The van der Waals surface area contributed by atoms with Gasteiger partial charge in [-0.2, -0.15) is 0 Å². The van der Waals surface area contributed by atoms with Crippen LogP contribution in [0.4, 0.5) is 0 Å². The number of nitrogens with zero attached hydrogens (tertiary/aromatic N) is 3. The molecule has 0 spiro atoms. The van der Waals surface area contributed by atoms with Gasteiger partial charge in [-0.1, -0.05) is 38.1 Å². The molecule has 0 aliphatic heterocycles. The number of rotatable bonds is 3. The van der Waals surface area contributed by atoms with Crippen LogP contribution < -0.4 is 0 Å². The molecule has 0 bridgehead atoms. The summed E-state index contributed by atoms with van der Waals surface area (Å²) >= 11 is 0.248. The molecule has 0 atom stereocenters. The third-order valence-corrected chi connectivity index (χ3v) is 12.7. The van der Waals surface area contributed by atoms with E-state index in [4.69, 9.17) is 15.0 Å². The Labute approximate surface area is 284 Å². The van der Waals surface area contributed by atoms with Crippen LogP contribution in [-0.2, 0) is 5.41 Å². The van der Waals surface area contributed by atoms with E-state index in [9.17, 15) is 0 Å². The van der Waals surface area contributed by atoms with E-state index in [2.05, 4.69) is 135 Å². The summed E-state index contributed by atoms with van der Waals surface area (Å²) in [6, 6.07) is 50.3. The Balaban J connectivity index is 1.21. The van der Waals surface area contributed by atoms with Gasteiger partial charge in [0.1, 0.15) is 0 Å². The number of fused-ring (bicyclic) bond motifs is 10. The van der Waals surface area contributed by atoms with Gasteiger partial charge in [-0.25, -0.2) is 0 Å². The second kappa shape index (κ2) is 10.3. The second-order valence-electron chi connectivity index (χ2n) is 13.2. The summed E-state index contributed by atoms with van der Waals surface area (Å²) in [6.45, 7) is 4.62. The van der Waals surface area contributed by atoms with Crippen LogP contribution in [0.15, 0.2) is 140 Å². The molecule has 1 aliphatic rings. The van der Waals surface area contributed by atoms with Crippen molar-refractivity contribution in [3.05, 3.63) is 151 Å². The predicted octanol–water partition coefficient (Wildman–Crippen LogP) is 10.8. The fourth-order valence-electron chi connectivity index (χ4n) is 7.74. The van der Waals surface area contributed by atoms with E-state index in [1.807, 2.05) is 18.2 Å². The van der Waals surface area contributed by atoms with Crippen molar-refractivity contribution >= 4 is 55.3 Å². The summed E-state index contributed by atoms with van der Waals surface area (Å²) in [5, 5.41) is 7.77. The van der Waals surface area contributed by atoms with Crippen molar-refractivity contribution in [3.8, 4) is 45.3 Å². The van der Waals surface area contributed by atoms with E-state index >= 15 is 0 Å². The van der Waals surface area contributed by atoms with Gasteiger partial charge in [-0.05, 0) is 11.1 Å². The fraction of sp³-hybridized carbons (Fsp3) is 0.0682. The first-order valence-electron chi connectivity index (χ1n) is 16.4. The van der Waals surface area contributed by atoms with Crippen molar-refractivity contribution in [1.82, 2.24) is 15.0 Å². The molecule has 0 fully saturated rings. The minimum atomic E-state index is -0.113. The molecule has 0 unspecified atom stereocenters. The SMILES string of the molecule is CC1(C)c2ccccc2-c2ccc(-c3nc(-c4ccccc4)nc(-c4cccc5c4ccc4ccc6c7ccccc7[se]c6c45)n3)cc21. The van der Waals surface area contributed by atoms with Crippen LogP contribution in [0, 0.1) is 0 Å². The Bertz CT molecular complexity index is 2760. The van der Waals surface area contributed by atoms with Crippen molar-refractivity contribution < 1.29 is 0 Å².